The zero-order valence-corrected chi connectivity index (χ0v) is 16.4. The Bertz CT molecular complexity index is 985. The summed E-state index contributed by atoms with van der Waals surface area (Å²) in [7, 11) is 3.20. The van der Waals surface area contributed by atoms with Crippen molar-refractivity contribution in [3.63, 3.8) is 0 Å². The Morgan fingerprint density at radius 2 is 1.75 bits per heavy atom. The first kappa shape index (κ1) is 19.2. The van der Waals surface area contributed by atoms with Crippen LogP contribution in [0.4, 0.5) is 17.2 Å². The predicted octanol–water partition coefficient (Wildman–Crippen LogP) is 4.71. The summed E-state index contributed by atoms with van der Waals surface area (Å²) < 4.78 is 10.6. The molecule has 0 radical (unpaired) electrons. The number of aryl methyl sites for hydroxylation is 2. The fraction of sp³-hybridized carbons (Fsp3) is 0.182. The third-order valence-corrected chi connectivity index (χ3v) is 4.33. The largest absolute Gasteiger partial charge is 0.497 e. The van der Waals surface area contributed by atoms with Crippen LogP contribution in [-0.4, -0.2) is 25.1 Å². The number of hydrogen-bond acceptors (Lipinski definition) is 5. The third-order valence-electron chi connectivity index (χ3n) is 4.33. The monoisotopic (exact) mass is 377 g/mol. The van der Waals surface area contributed by atoms with Gasteiger partial charge in [0.25, 0.3) is 5.91 Å². The molecule has 0 bridgehead atoms. The van der Waals surface area contributed by atoms with E-state index in [0.29, 0.717) is 22.9 Å². The van der Waals surface area contributed by atoms with E-state index in [1.807, 2.05) is 50.2 Å². The first-order valence-electron chi connectivity index (χ1n) is 8.84. The van der Waals surface area contributed by atoms with E-state index >= 15 is 0 Å². The van der Waals surface area contributed by atoms with Gasteiger partial charge in [0, 0.05) is 18.0 Å². The number of ether oxygens (including phenoxy) is 2. The van der Waals surface area contributed by atoms with Gasteiger partial charge in [-0.3, -0.25) is 4.79 Å². The maximum atomic E-state index is 12.5. The molecule has 1 aromatic heterocycles. The van der Waals surface area contributed by atoms with Gasteiger partial charge in [-0.2, -0.15) is 0 Å². The molecule has 0 saturated carbocycles. The van der Waals surface area contributed by atoms with Crippen LogP contribution >= 0.6 is 0 Å². The van der Waals surface area contributed by atoms with Crippen molar-refractivity contribution < 1.29 is 14.3 Å². The topological polar surface area (TPSA) is 72.5 Å². The van der Waals surface area contributed by atoms with Gasteiger partial charge in [-0.15, -0.1) is 0 Å². The Morgan fingerprint density at radius 3 is 2.39 bits per heavy atom. The van der Waals surface area contributed by atoms with Gasteiger partial charge in [-0.1, -0.05) is 17.7 Å². The molecule has 3 rings (SSSR count). The van der Waals surface area contributed by atoms with Gasteiger partial charge in [-0.05, 0) is 49.7 Å². The molecule has 1 heterocycles. The standard InChI is InChI=1S/C22H23N3O3/c1-14-5-8-18(15(2)11-14)25-22(26)16-6-10-21(23-13-16)24-19-12-17(27-3)7-9-20(19)28-4/h5-13H,1-4H3,(H,23,24)(H,25,26). The van der Waals surface area contributed by atoms with Crippen molar-refractivity contribution in [1.82, 2.24) is 4.98 Å². The van der Waals surface area contributed by atoms with E-state index in [2.05, 4.69) is 15.6 Å². The molecule has 0 unspecified atom stereocenters. The molecule has 1 amide bonds. The maximum Gasteiger partial charge on any atom is 0.257 e. The zero-order valence-electron chi connectivity index (χ0n) is 16.4. The van der Waals surface area contributed by atoms with Crippen molar-refractivity contribution in [2.75, 3.05) is 24.9 Å². The average Bonchev–Trinajstić information content (AvgIpc) is 2.70. The highest BCUT2D eigenvalue weighted by Gasteiger charge is 2.10. The SMILES string of the molecule is COc1ccc(OC)c(Nc2ccc(C(=O)Nc3ccc(C)cc3C)cn2)c1. The molecule has 2 N–H and O–H groups in total. The number of pyridine rings is 1. The predicted molar refractivity (Wildman–Crippen MR) is 111 cm³/mol. The van der Waals surface area contributed by atoms with Crippen LogP contribution in [0.2, 0.25) is 0 Å². The quantitative estimate of drug-likeness (QED) is 0.651. The molecule has 0 aliphatic rings. The Morgan fingerprint density at radius 1 is 0.929 bits per heavy atom. The molecule has 0 fully saturated rings. The second-order valence-corrected chi connectivity index (χ2v) is 6.40. The van der Waals surface area contributed by atoms with Crippen LogP contribution in [0.1, 0.15) is 21.5 Å². The Hall–Kier alpha value is -3.54. The summed E-state index contributed by atoms with van der Waals surface area (Å²) in [4.78, 5) is 16.8. The average molecular weight is 377 g/mol. The van der Waals surface area contributed by atoms with Gasteiger partial charge in [0.1, 0.15) is 17.3 Å². The molecule has 6 heteroatoms. The molecule has 0 saturated heterocycles. The highest BCUT2D eigenvalue weighted by atomic mass is 16.5. The lowest BCUT2D eigenvalue weighted by atomic mass is 10.1. The number of methoxy groups -OCH3 is 2. The highest BCUT2D eigenvalue weighted by Crippen LogP contribution is 2.31. The second kappa shape index (κ2) is 8.43. The molecule has 3 aromatic rings. The first-order valence-corrected chi connectivity index (χ1v) is 8.84. The second-order valence-electron chi connectivity index (χ2n) is 6.40. The van der Waals surface area contributed by atoms with E-state index in [4.69, 9.17) is 9.47 Å². The summed E-state index contributed by atoms with van der Waals surface area (Å²) >= 11 is 0. The number of hydrogen-bond donors (Lipinski definition) is 2. The van der Waals surface area contributed by atoms with E-state index in [-0.39, 0.29) is 5.91 Å². The number of amides is 1. The fourth-order valence-corrected chi connectivity index (χ4v) is 2.80. The van der Waals surface area contributed by atoms with Crippen LogP contribution in [0, 0.1) is 13.8 Å². The number of anilines is 3. The van der Waals surface area contributed by atoms with Gasteiger partial charge in [0.05, 0.1) is 25.5 Å². The van der Waals surface area contributed by atoms with Crippen LogP contribution in [0.15, 0.2) is 54.7 Å². The number of aromatic nitrogens is 1. The molecule has 144 valence electrons. The summed E-state index contributed by atoms with van der Waals surface area (Å²) in [5, 5.41) is 6.10. The summed E-state index contributed by atoms with van der Waals surface area (Å²) in [6.45, 7) is 3.99. The van der Waals surface area contributed by atoms with Crippen molar-refractivity contribution in [1.29, 1.82) is 0 Å². The number of rotatable bonds is 6. The minimum Gasteiger partial charge on any atom is -0.497 e. The zero-order chi connectivity index (χ0) is 20.1. The molecule has 0 aliphatic carbocycles. The smallest absolute Gasteiger partial charge is 0.257 e. The first-order chi connectivity index (χ1) is 13.5. The summed E-state index contributed by atoms with van der Waals surface area (Å²) in [6.07, 6.45) is 1.54. The van der Waals surface area contributed by atoms with Crippen molar-refractivity contribution >= 4 is 23.1 Å². The van der Waals surface area contributed by atoms with Crippen molar-refractivity contribution in [3.05, 3.63) is 71.4 Å². The Balaban J connectivity index is 1.74. The summed E-state index contributed by atoms with van der Waals surface area (Å²) in [5.74, 6) is 1.76. The van der Waals surface area contributed by atoms with Gasteiger partial charge >= 0.3 is 0 Å². The summed E-state index contributed by atoms with van der Waals surface area (Å²) in [5.41, 5.74) is 4.16. The number of nitrogens with zero attached hydrogens (tertiary/aromatic N) is 1. The van der Waals surface area contributed by atoms with Crippen LogP contribution in [0.5, 0.6) is 11.5 Å². The minimum absolute atomic E-state index is 0.204. The Labute approximate surface area is 164 Å². The van der Waals surface area contributed by atoms with E-state index in [0.717, 1.165) is 22.5 Å². The maximum absolute atomic E-state index is 12.5. The van der Waals surface area contributed by atoms with Crippen molar-refractivity contribution in [3.8, 4) is 11.5 Å². The van der Waals surface area contributed by atoms with Crippen LogP contribution < -0.4 is 20.1 Å². The van der Waals surface area contributed by atoms with Gasteiger partial charge < -0.3 is 20.1 Å². The van der Waals surface area contributed by atoms with Crippen LogP contribution in [0.3, 0.4) is 0 Å². The highest BCUT2D eigenvalue weighted by molar-refractivity contribution is 6.04. The van der Waals surface area contributed by atoms with E-state index < -0.39 is 0 Å². The minimum atomic E-state index is -0.204. The third kappa shape index (κ3) is 4.40. The lowest BCUT2D eigenvalue weighted by Gasteiger charge is -2.12. The summed E-state index contributed by atoms with van der Waals surface area (Å²) in [6, 6.07) is 14.8. The number of carbonyl (C=O) groups is 1. The number of nitrogens with one attached hydrogen (secondary N) is 2. The number of carbonyl (C=O) groups excluding carboxylic acids is 1. The Kier molecular flexibility index (Phi) is 5.79. The fourth-order valence-electron chi connectivity index (χ4n) is 2.80. The van der Waals surface area contributed by atoms with Crippen LogP contribution in [-0.2, 0) is 0 Å². The van der Waals surface area contributed by atoms with E-state index in [1.54, 1.807) is 26.4 Å². The van der Waals surface area contributed by atoms with Crippen molar-refractivity contribution in [2.45, 2.75) is 13.8 Å². The molecule has 0 aliphatic heterocycles. The van der Waals surface area contributed by atoms with Gasteiger partial charge in [0.2, 0.25) is 0 Å². The molecule has 6 nitrogen and oxygen atoms in total. The van der Waals surface area contributed by atoms with Gasteiger partial charge in [0.15, 0.2) is 0 Å². The number of benzene rings is 2. The molecule has 2 aromatic carbocycles. The lowest BCUT2D eigenvalue weighted by Crippen LogP contribution is -2.13. The molecular weight excluding hydrogens is 354 g/mol. The van der Waals surface area contributed by atoms with Gasteiger partial charge in [-0.25, -0.2) is 4.98 Å². The molecule has 28 heavy (non-hydrogen) atoms. The molecule has 0 atom stereocenters. The normalized spacial score (nSPS) is 10.3. The van der Waals surface area contributed by atoms with E-state index in [1.165, 1.54) is 6.20 Å². The van der Waals surface area contributed by atoms with E-state index in [9.17, 15) is 4.79 Å². The molecular formula is C22H23N3O3. The lowest BCUT2D eigenvalue weighted by molar-refractivity contribution is 0.102. The molecule has 0 spiro atoms. The van der Waals surface area contributed by atoms with Crippen LogP contribution in [0.25, 0.3) is 0 Å². The van der Waals surface area contributed by atoms with Crippen molar-refractivity contribution in [2.24, 2.45) is 0 Å².